The van der Waals surface area contributed by atoms with E-state index in [2.05, 4.69) is 28.6 Å². The van der Waals surface area contributed by atoms with Crippen molar-refractivity contribution in [3.63, 3.8) is 0 Å². The Kier molecular flexibility index (Phi) is 2.95. The van der Waals surface area contributed by atoms with Gasteiger partial charge in [0.25, 0.3) is 0 Å². The molecule has 0 spiro atoms. The molecule has 1 N–H and O–H groups in total. The highest BCUT2D eigenvalue weighted by Crippen LogP contribution is 2.21. The molecule has 0 amide bonds. The number of hydrogen-bond acceptors (Lipinski definition) is 3. The number of nitrogens with one attached hydrogen (secondary N) is 1. The quantitative estimate of drug-likeness (QED) is 0.770. The van der Waals surface area contributed by atoms with Gasteiger partial charge in [0.05, 0.1) is 5.69 Å². The van der Waals surface area contributed by atoms with E-state index in [1.165, 1.54) is 0 Å². The summed E-state index contributed by atoms with van der Waals surface area (Å²) in [5, 5.41) is 16.8. The highest BCUT2D eigenvalue weighted by atomic mass is 15.3. The van der Waals surface area contributed by atoms with Gasteiger partial charge in [-0.1, -0.05) is 12.2 Å². The summed E-state index contributed by atoms with van der Waals surface area (Å²) in [6, 6.07) is 2.63. The van der Waals surface area contributed by atoms with Crippen molar-refractivity contribution >= 4 is 5.82 Å². The van der Waals surface area contributed by atoms with Crippen molar-refractivity contribution in [2.75, 3.05) is 5.32 Å². The summed E-state index contributed by atoms with van der Waals surface area (Å²) in [6.07, 6.45) is 7.64. The van der Waals surface area contributed by atoms with Crippen molar-refractivity contribution in [2.45, 2.75) is 32.2 Å². The van der Waals surface area contributed by atoms with Crippen molar-refractivity contribution in [3.8, 4) is 6.07 Å². The fourth-order valence-electron chi connectivity index (χ4n) is 2.08. The number of aromatic nitrogens is 2. The highest BCUT2D eigenvalue weighted by molar-refractivity contribution is 5.55. The molecule has 0 aromatic carbocycles. The molecule has 0 saturated heterocycles. The maximum Gasteiger partial charge on any atom is 0.142 e. The standard InChI is InChI=1S/C12H16N4/c1-9-11(8-13)12(16(2)15-9)14-10-6-4-3-5-7-10/h3-4,10,14H,5-7H2,1-2H3. The molecule has 2 rings (SSSR count). The molecular formula is C12H16N4. The van der Waals surface area contributed by atoms with Gasteiger partial charge in [0, 0.05) is 13.1 Å². The lowest BCUT2D eigenvalue weighted by Gasteiger charge is -2.20. The van der Waals surface area contributed by atoms with E-state index in [0.29, 0.717) is 11.6 Å². The Hall–Kier alpha value is -1.76. The van der Waals surface area contributed by atoms with Crippen LogP contribution in [0, 0.1) is 18.3 Å². The topological polar surface area (TPSA) is 53.6 Å². The van der Waals surface area contributed by atoms with Crippen LogP contribution in [0.15, 0.2) is 12.2 Å². The largest absolute Gasteiger partial charge is 0.366 e. The predicted octanol–water partition coefficient (Wildman–Crippen LogP) is 2.12. The van der Waals surface area contributed by atoms with Crippen molar-refractivity contribution in [3.05, 3.63) is 23.4 Å². The molecule has 1 atom stereocenters. The van der Waals surface area contributed by atoms with Crippen molar-refractivity contribution in [1.29, 1.82) is 5.26 Å². The Morgan fingerprint density at radius 2 is 2.38 bits per heavy atom. The van der Waals surface area contributed by atoms with Gasteiger partial charge in [0.1, 0.15) is 17.5 Å². The lowest BCUT2D eigenvalue weighted by atomic mass is 10.0. The normalized spacial score (nSPS) is 19.4. The number of nitriles is 1. The minimum absolute atomic E-state index is 0.423. The highest BCUT2D eigenvalue weighted by Gasteiger charge is 2.17. The Morgan fingerprint density at radius 1 is 1.56 bits per heavy atom. The molecule has 1 aromatic heterocycles. The summed E-state index contributed by atoms with van der Waals surface area (Å²) in [5.74, 6) is 0.848. The van der Waals surface area contributed by atoms with Crippen LogP contribution in [0.1, 0.15) is 30.5 Å². The van der Waals surface area contributed by atoms with E-state index in [4.69, 9.17) is 5.26 Å². The zero-order chi connectivity index (χ0) is 11.5. The van der Waals surface area contributed by atoms with Crippen LogP contribution in [0.2, 0.25) is 0 Å². The third-order valence-electron chi connectivity index (χ3n) is 2.94. The molecule has 4 heteroatoms. The van der Waals surface area contributed by atoms with Gasteiger partial charge in [-0.2, -0.15) is 10.4 Å². The molecule has 16 heavy (non-hydrogen) atoms. The monoisotopic (exact) mass is 216 g/mol. The summed E-state index contributed by atoms with van der Waals surface area (Å²) in [7, 11) is 1.87. The first-order chi connectivity index (χ1) is 7.72. The average Bonchev–Trinajstić information content (AvgIpc) is 2.55. The third-order valence-corrected chi connectivity index (χ3v) is 2.94. The number of allylic oxidation sites excluding steroid dienone is 1. The van der Waals surface area contributed by atoms with Gasteiger partial charge >= 0.3 is 0 Å². The summed E-state index contributed by atoms with van der Waals surface area (Å²) in [5.41, 5.74) is 1.45. The molecule has 0 saturated carbocycles. The molecule has 1 aromatic rings. The molecule has 1 aliphatic carbocycles. The Balaban J connectivity index is 2.20. The fraction of sp³-hybridized carbons (Fsp3) is 0.500. The molecule has 0 radical (unpaired) electrons. The van der Waals surface area contributed by atoms with E-state index in [9.17, 15) is 0 Å². The van der Waals surface area contributed by atoms with E-state index >= 15 is 0 Å². The van der Waals surface area contributed by atoms with Gasteiger partial charge in [0.2, 0.25) is 0 Å². The first-order valence-electron chi connectivity index (χ1n) is 5.57. The second-order valence-corrected chi connectivity index (χ2v) is 4.17. The Bertz CT molecular complexity index is 450. The minimum Gasteiger partial charge on any atom is -0.366 e. The first kappa shape index (κ1) is 10.7. The minimum atomic E-state index is 0.423. The average molecular weight is 216 g/mol. The molecule has 1 unspecified atom stereocenters. The van der Waals surface area contributed by atoms with E-state index in [0.717, 1.165) is 30.8 Å². The Morgan fingerprint density at radius 3 is 3.00 bits per heavy atom. The van der Waals surface area contributed by atoms with Gasteiger partial charge in [-0.25, -0.2) is 0 Å². The summed E-state index contributed by atoms with van der Waals surface area (Å²) in [4.78, 5) is 0. The first-order valence-corrected chi connectivity index (χ1v) is 5.57. The van der Waals surface area contributed by atoms with Crippen molar-refractivity contribution in [2.24, 2.45) is 7.05 Å². The van der Waals surface area contributed by atoms with Crippen LogP contribution in [0.4, 0.5) is 5.82 Å². The van der Waals surface area contributed by atoms with Crippen LogP contribution in [-0.2, 0) is 7.05 Å². The molecule has 0 aliphatic heterocycles. The maximum absolute atomic E-state index is 9.08. The Labute approximate surface area is 95.6 Å². The van der Waals surface area contributed by atoms with Crippen LogP contribution in [0.3, 0.4) is 0 Å². The fourth-order valence-corrected chi connectivity index (χ4v) is 2.08. The summed E-state index contributed by atoms with van der Waals surface area (Å²) in [6.45, 7) is 1.87. The van der Waals surface area contributed by atoms with E-state index in [-0.39, 0.29) is 0 Å². The lowest BCUT2D eigenvalue weighted by molar-refractivity contribution is 0.631. The number of aryl methyl sites for hydroxylation is 2. The van der Waals surface area contributed by atoms with Crippen molar-refractivity contribution < 1.29 is 0 Å². The van der Waals surface area contributed by atoms with Crippen LogP contribution >= 0.6 is 0 Å². The van der Waals surface area contributed by atoms with Crippen LogP contribution in [-0.4, -0.2) is 15.8 Å². The molecular weight excluding hydrogens is 200 g/mol. The molecule has 0 fully saturated rings. The van der Waals surface area contributed by atoms with Gasteiger partial charge in [0.15, 0.2) is 0 Å². The van der Waals surface area contributed by atoms with Gasteiger partial charge < -0.3 is 5.32 Å². The zero-order valence-electron chi connectivity index (χ0n) is 9.70. The van der Waals surface area contributed by atoms with Crippen LogP contribution < -0.4 is 5.32 Å². The van der Waals surface area contributed by atoms with Crippen LogP contribution in [0.5, 0.6) is 0 Å². The smallest absolute Gasteiger partial charge is 0.142 e. The van der Waals surface area contributed by atoms with E-state index < -0.39 is 0 Å². The summed E-state index contributed by atoms with van der Waals surface area (Å²) < 4.78 is 1.76. The molecule has 1 heterocycles. The van der Waals surface area contributed by atoms with E-state index in [1.54, 1.807) is 4.68 Å². The SMILES string of the molecule is Cc1nn(C)c(NC2CC=CCC2)c1C#N. The third kappa shape index (κ3) is 1.94. The molecule has 4 nitrogen and oxygen atoms in total. The second kappa shape index (κ2) is 4.40. The van der Waals surface area contributed by atoms with Crippen molar-refractivity contribution in [1.82, 2.24) is 9.78 Å². The predicted molar refractivity (Wildman–Crippen MR) is 63.1 cm³/mol. The number of rotatable bonds is 2. The van der Waals surface area contributed by atoms with Gasteiger partial charge in [-0.3, -0.25) is 4.68 Å². The summed E-state index contributed by atoms with van der Waals surface area (Å²) >= 11 is 0. The van der Waals surface area contributed by atoms with Crippen LogP contribution in [0.25, 0.3) is 0 Å². The second-order valence-electron chi connectivity index (χ2n) is 4.17. The number of hydrogen-bond donors (Lipinski definition) is 1. The zero-order valence-corrected chi connectivity index (χ0v) is 9.70. The van der Waals surface area contributed by atoms with Gasteiger partial charge in [-0.05, 0) is 26.2 Å². The molecule has 84 valence electrons. The van der Waals surface area contributed by atoms with E-state index in [1.807, 2.05) is 14.0 Å². The number of anilines is 1. The molecule has 0 bridgehead atoms. The molecule has 1 aliphatic rings. The number of nitrogens with zero attached hydrogens (tertiary/aromatic N) is 3. The van der Waals surface area contributed by atoms with Gasteiger partial charge in [-0.15, -0.1) is 0 Å². The lowest BCUT2D eigenvalue weighted by Crippen LogP contribution is -2.22. The maximum atomic E-state index is 9.08.